The second-order valence-corrected chi connectivity index (χ2v) is 7.16. The van der Waals surface area contributed by atoms with Gasteiger partial charge in [0.1, 0.15) is 18.1 Å². The first kappa shape index (κ1) is 22.4. The predicted octanol–water partition coefficient (Wildman–Crippen LogP) is 3.01. The third-order valence-corrected chi connectivity index (χ3v) is 5.19. The lowest BCUT2D eigenvalue weighted by Crippen LogP contribution is -2.41. The van der Waals surface area contributed by atoms with Crippen LogP contribution in [0.5, 0.6) is 5.75 Å². The topological polar surface area (TPSA) is 71.4 Å². The summed E-state index contributed by atoms with van der Waals surface area (Å²) in [6, 6.07) is 13.2. The fraction of sp³-hybridized carbons (Fsp3) is 0.348. The zero-order chi connectivity index (χ0) is 22.4. The zero-order valence-electron chi connectivity index (χ0n) is 17.9. The first-order chi connectivity index (χ1) is 15.0. The highest BCUT2D eigenvalue weighted by Gasteiger charge is 2.36. The van der Waals surface area contributed by atoms with Crippen molar-refractivity contribution in [1.29, 1.82) is 0 Å². The van der Waals surface area contributed by atoms with E-state index < -0.39 is 11.9 Å². The van der Waals surface area contributed by atoms with E-state index in [4.69, 9.17) is 9.47 Å². The molecule has 0 N–H and O–H groups in total. The van der Waals surface area contributed by atoms with Gasteiger partial charge in [-0.25, -0.2) is 9.40 Å². The molecule has 0 bridgehead atoms. The number of nitrogens with zero attached hydrogens (tertiary/aromatic N) is 3. The van der Waals surface area contributed by atoms with Crippen molar-refractivity contribution in [1.82, 2.24) is 9.91 Å². The summed E-state index contributed by atoms with van der Waals surface area (Å²) in [5.41, 5.74) is 1.58. The van der Waals surface area contributed by atoms with E-state index in [1.165, 1.54) is 30.0 Å². The average molecular weight is 427 g/mol. The summed E-state index contributed by atoms with van der Waals surface area (Å²) in [4.78, 5) is 26.6. The summed E-state index contributed by atoms with van der Waals surface area (Å²) in [7, 11) is 3.09. The Morgan fingerprint density at radius 3 is 2.55 bits per heavy atom. The van der Waals surface area contributed by atoms with E-state index in [2.05, 4.69) is 5.10 Å². The molecule has 0 spiro atoms. The van der Waals surface area contributed by atoms with Crippen molar-refractivity contribution in [2.45, 2.75) is 19.4 Å². The van der Waals surface area contributed by atoms with Crippen molar-refractivity contribution in [2.24, 2.45) is 5.10 Å². The van der Waals surface area contributed by atoms with Gasteiger partial charge in [-0.05, 0) is 12.1 Å². The van der Waals surface area contributed by atoms with Crippen LogP contribution in [-0.2, 0) is 14.3 Å². The molecule has 2 aromatic rings. The maximum absolute atomic E-state index is 14.4. The normalized spacial score (nSPS) is 15.5. The minimum Gasteiger partial charge on any atom is -0.496 e. The number of benzene rings is 2. The molecular weight excluding hydrogens is 401 g/mol. The highest BCUT2D eigenvalue weighted by molar-refractivity contribution is 6.03. The average Bonchev–Trinajstić information content (AvgIpc) is 3.21. The van der Waals surface area contributed by atoms with Crippen LogP contribution in [0.15, 0.2) is 53.6 Å². The van der Waals surface area contributed by atoms with Crippen LogP contribution >= 0.6 is 0 Å². The molecule has 31 heavy (non-hydrogen) atoms. The fourth-order valence-corrected chi connectivity index (χ4v) is 3.57. The molecule has 0 unspecified atom stereocenters. The largest absolute Gasteiger partial charge is 0.496 e. The van der Waals surface area contributed by atoms with Crippen molar-refractivity contribution in [3.8, 4) is 5.75 Å². The molecule has 3 rings (SSSR count). The number of rotatable bonds is 8. The Morgan fingerprint density at radius 1 is 1.16 bits per heavy atom. The summed E-state index contributed by atoms with van der Waals surface area (Å²) in [5, 5.41) is 5.82. The lowest BCUT2D eigenvalue weighted by atomic mass is 9.97. The number of hydrazone groups is 1. The minimum atomic E-state index is -0.477. The van der Waals surface area contributed by atoms with Crippen molar-refractivity contribution < 1.29 is 23.5 Å². The van der Waals surface area contributed by atoms with Crippen LogP contribution in [0.2, 0.25) is 0 Å². The van der Waals surface area contributed by atoms with Crippen LogP contribution in [0, 0.1) is 5.82 Å². The Kier molecular flexibility index (Phi) is 7.36. The Balaban J connectivity index is 1.95. The van der Waals surface area contributed by atoms with Crippen molar-refractivity contribution >= 4 is 17.5 Å². The second-order valence-electron chi connectivity index (χ2n) is 7.16. The Bertz CT molecular complexity index is 979. The van der Waals surface area contributed by atoms with Gasteiger partial charge in [0.2, 0.25) is 5.91 Å². The summed E-state index contributed by atoms with van der Waals surface area (Å²) in [6.07, 6.45) is 0.325. The third kappa shape index (κ3) is 5.08. The summed E-state index contributed by atoms with van der Waals surface area (Å²) in [5.74, 6) is -0.400. The molecule has 2 aromatic carbocycles. The second kappa shape index (κ2) is 10.2. The molecule has 0 radical (unpaired) electrons. The Morgan fingerprint density at radius 2 is 1.87 bits per heavy atom. The van der Waals surface area contributed by atoms with Crippen LogP contribution in [0.25, 0.3) is 0 Å². The van der Waals surface area contributed by atoms with Gasteiger partial charge in [-0.15, -0.1) is 0 Å². The maximum Gasteiger partial charge on any atom is 0.262 e. The van der Waals surface area contributed by atoms with Crippen LogP contribution in [-0.4, -0.2) is 61.4 Å². The van der Waals surface area contributed by atoms with Crippen molar-refractivity contribution in [2.75, 3.05) is 33.9 Å². The molecule has 1 aliphatic rings. The molecule has 1 heterocycles. The fourth-order valence-electron chi connectivity index (χ4n) is 3.57. The van der Waals surface area contributed by atoms with Gasteiger partial charge in [-0.3, -0.25) is 9.59 Å². The predicted molar refractivity (Wildman–Crippen MR) is 114 cm³/mol. The lowest BCUT2D eigenvalue weighted by Gasteiger charge is -2.27. The standard InChI is InChI=1S/C23H26FN3O4/c1-16(28)26(12-13-30-2)15-23(29)27-21(18-9-5-7-11-22(18)31-3)14-20(25-27)17-8-4-6-10-19(17)24/h4-11,21H,12-15H2,1-3H3/t21-/m1/s1. The Labute approximate surface area is 181 Å². The molecule has 2 amide bonds. The molecule has 7 nitrogen and oxygen atoms in total. The van der Waals surface area contributed by atoms with E-state index >= 15 is 0 Å². The van der Waals surface area contributed by atoms with Gasteiger partial charge in [-0.1, -0.05) is 36.4 Å². The summed E-state index contributed by atoms with van der Waals surface area (Å²) in [6.45, 7) is 1.85. The van der Waals surface area contributed by atoms with E-state index in [1.807, 2.05) is 18.2 Å². The van der Waals surface area contributed by atoms with Crippen LogP contribution in [0.1, 0.15) is 30.5 Å². The number of carbonyl (C=O) groups excluding carboxylic acids is 2. The molecule has 0 aromatic heterocycles. The monoisotopic (exact) mass is 427 g/mol. The molecule has 8 heteroatoms. The molecule has 0 saturated carbocycles. The van der Waals surface area contributed by atoms with Gasteiger partial charge < -0.3 is 14.4 Å². The number of carbonyl (C=O) groups is 2. The van der Waals surface area contributed by atoms with Gasteiger partial charge in [0.15, 0.2) is 0 Å². The van der Waals surface area contributed by atoms with Gasteiger partial charge in [-0.2, -0.15) is 5.10 Å². The number of ether oxygens (including phenoxy) is 2. The molecule has 0 saturated heterocycles. The molecule has 0 aliphatic carbocycles. The van der Waals surface area contributed by atoms with E-state index in [1.54, 1.807) is 31.4 Å². The first-order valence-corrected chi connectivity index (χ1v) is 9.98. The van der Waals surface area contributed by atoms with Gasteiger partial charge in [0, 0.05) is 38.1 Å². The van der Waals surface area contributed by atoms with Gasteiger partial charge in [0.05, 0.1) is 25.5 Å². The van der Waals surface area contributed by atoms with E-state index in [-0.39, 0.29) is 24.9 Å². The highest BCUT2D eigenvalue weighted by atomic mass is 19.1. The molecular formula is C23H26FN3O4. The van der Waals surface area contributed by atoms with Crippen LogP contribution in [0.3, 0.4) is 0 Å². The Hall–Kier alpha value is -3.26. The summed E-state index contributed by atoms with van der Waals surface area (Å²) >= 11 is 0. The summed E-state index contributed by atoms with van der Waals surface area (Å²) < 4.78 is 24.9. The van der Waals surface area contributed by atoms with E-state index in [0.29, 0.717) is 30.1 Å². The number of hydrogen-bond donors (Lipinski definition) is 0. The molecule has 1 aliphatic heterocycles. The van der Waals surface area contributed by atoms with E-state index in [0.717, 1.165) is 5.56 Å². The van der Waals surface area contributed by atoms with E-state index in [9.17, 15) is 14.0 Å². The minimum absolute atomic E-state index is 0.154. The van der Waals surface area contributed by atoms with Crippen molar-refractivity contribution in [3.05, 3.63) is 65.5 Å². The van der Waals surface area contributed by atoms with Crippen LogP contribution in [0.4, 0.5) is 4.39 Å². The third-order valence-electron chi connectivity index (χ3n) is 5.19. The van der Waals surface area contributed by atoms with Crippen molar-refractivity contribution in [3.63, 3.8) is 0 Å². The van der Waals surface area contributed by atoms with Crippen LogP contribution < -0.4 is 4.74 Å². The maximum atomic E-state index is 14.4. The quantitative estimate of drug-likeness (QED) is 0.649. The van der Waals surface area contributed by atoms with Gasteiger partial charge >= 0.3 is 0 Å². The number of halogens is 1. The molecule has 0 fully saturated rings. The zero-order valence-corrected chi connectivity index (χ0v) is 17.9. The number of methoxy groups -OCH3 is 2. The first-order valence-electron chi connectivity index (χ1n) is 9.98. The molecule has 1 atom stereocenters. The molecule has 164 valence electrons. The lowest BCUT2D eigenvalue weighted by molar-refractivity contribution is -0.141. The van der Waals surface area contributed by atoms with Gasteiger partial charge in [0.25, 0.3) is 5.91 Å². The SMILES string of the molecule is COCCN(CC(=O)N1N=C(c2ccccc2F)C[C@@H]1c1ccccc1OC)C(C)=O. The smallest absolute Gasteiger partial charge is 0.262 e. The number of para-hydroxylation sites is 1. The number of hydrogen-bond acceptors (Lipinski definition) is 5. The number of amides is 2. The highest BCUT2D eigenvalue weighted by Crippen LogP contribution is 2.37.